The second-order valence-corrected chi connectivity index (χ2v) is 7.71. The Bertz CT molecular complexity index is 1160. The van der Waals surface area contributed by atoms with Gasteiger partial charge in [0.1, 0.15) is 11.6 Å². The maximum absolute atomic E-state index is 14.3. The highest BCUT2D eigenvalue weighted by molar-refractivity contribution is 7.22. The Balaban J connectivity index is 1.66. The molecule has 29 heavy (non-hydrogen) atoms. The lowest BCUT2D eigenvalue weighted by Gasteiger charge is -2.20. The van der Waals surface area contributed by atoms with Crippen LogP contribution in [0, 0.1) is 18.6 Å². The monoisotopic (exact) mass is 412 g/mol. The third-order valence-corrected chi connectivity index (χ3v) is 5.57. The van der Waals surface area contributed by atoms with Crippen LogP contribution in [-0.4, -0.2) is 27.0 Å². The predicted octanol–water partition coefficient (Wildman–Crippen LogP) is 4.82. The van der Waals surface area contributed by atoms with Gasteiger partial charge in [0.15, 0.2) is 5.13 Å². The maximum atomic E-state index is 14.3. The van der Waals surface area contributed by atoms with Gasteiger partial charge in [-0.2, -0.15) is 0 Å². The molecule has 0 aliphatic heterocycles. The molecule has 5 nitrogen and oxygen atoms in total. The van der Waals surface area contributed by atoms with E-state index in [1.165, 1.54) is 22.3 Å². The number of fused-ring (bicyclic) bond motifs is 1. The number of amides is 1. The van der Waals surface area contributed by atoms with Gasteiger partial charge in [0.05, 0.1) is 22.1 Å². The van der Waals surface area contributed by atoms with Crippen LogP contribution in [-0.2, 0) is 6.54 Å². The standard InChI is InChI=1S/C21H18F2N4OS/c1-14-3-6-18-19(11-14)29-21(25-18)27(9-2-8-26-10-7-24-13-26)20(28)16-5-4-15(22)12-17(16)23/h3-7,10-13H,2,8-9H2,1H3. The molecule has 0 aliphatic carbocycles. The Morgan fingerprint density at radius 2 is 2.07 bits per heavy atom. The van der Waals surface area contributed by atoms with E-state index in [9.17, 15) is 13.6 Å². The second-order valence-electron chi connectivity index (χ2n) is 6.70. The number of carbonyl (C=O) groups is 1. The summed E-state index contributed by atoms with van der Waals surface area (Å²) in [6.07, 6.45) is 5.85. The molecule has 0 spiro atoms. The molecule has 0 atom stereocenters. The maximum Gasteiger partial charge on any atom is 0.263 e. The largest absolute Gasteiger partial charge is 0.337 e. The molecule has 0 bridgehead atoms. The number of halogens is 2. The van der Waals surface area contributed by atoms with Crippen LogP contribution in [0.3, 0.4) is 0 Å². The highest BCUT2D eigenvalue weighted by Crippen LogP contribution is 2.31. The van der Waals surface area contributed by atoms with Crippen molar-refractivity contribution in [2.24, 2.45) is 0 Å². The Morgan fingerprint density at radius 3 is 2.83 bits per heavy atom. The second kappa shape index (κ2) is 8.08. The van der Waals surface area contributed by atoms with Crippen LogP contribution < -0.4 is 4.90 Å². The fourth-order valence-corrected chi connectivity index (χ4v) is 4.15. The average Bonchev–Trinajstić information content (AvgIpc) is 3.34. The fraction of sp³-hybridized carbons (Fsp3) is 0.190. The summed E-state index contributed by atoms with van der Waals surface area (Å²) in [4.78, 5) is 23.2. The molecule has 4 aromatic rings. The Morgan fingerprint density at radius 1 is 1.21 bits per heavy atom. The van der Waals surface area contributed by atoms with Crippen molar-refractivity contribution in [3.8, 4) is 0 Å². The van der Waals surface area contributed by atoms with E-state index in [2.05, 4.69) is 9.97 Å². The van der Waals surface area contributed by atoms with E-state index in [0.717, 1.165) is 27.9 Å². The van der Waals surface area contributed by atoms with Gasteiger partial charge in [-0.25, -0.2) is 18.7 Å². The van der Waals surface area contributed by atoms with Crippen molar-refractivity contribution in [1.82, 2.24) is 14.5 Å². The summed E-state index contributed by atoms with van der Waals surface area (Å²) in [6, 6.07) is 8.84. The van der Waals surface area contributed by atoms with Crippen LogP contribution in [0.1, 0.15) is 22.3 Å². The third-order valence-electron chi connectivity index (χ3n) is 4.53. The zero-order valence-electron chi connectivity index (χ0n) is 15.7. The lowest BCUT2D eigenvalue weighted by Crippen LogP contribution is -2.33. The minimum Gasteiger partial charge on any atom is -0.337 e. The molecule has 2 aromatic heterocycles. The van der Waals surface area contributed by atoms with E-state index in [1.54, 1.807) is 12.5 Å². The number of aromatic nitrogens is 3. The van der Waals surface area contributed by atoms with Crippen molar-refractivity contribution < 1.29 is 13.6 Å². The molecular formula is C21H18F2N4OS. The van der Waals surface area contributed by atoms with E-state index in [1.807, 2.05) is 35.9 Å². The number of rotatable bonds is 6. The van der Waals surface area contributed by atoms with Gasteiger partial charge < -0.3 is 4.57 Å². The smallest absolute Gasteiger partial charge is 0.263 e. The molecule has 0 radical (unpaired) electrons. The van der Waals surface area contributed by atoms with Gasteiger partial charge in [-0.3, -0.25) is 9.69 Å². The summed E-state index contributed by atoms with van der Waals surface area (Å²) >= 11 is 1.38. The molecule has 0 saturated heterocycles. The number of hydrogen-bond donors (Lipinski definition) is 0. The number of imidazole rings is 1. The molecule has 2 heterocycles. The molecule has 0 saturated carbocycles. The number of thiazole rings is 1. The molecular weight excluding hydrogens is 394 g/mol. The van der Waals surface area contributed by atoms with Crippen molar-refractivity contribution >= 4 is 32.6 Å². The molecule has 0 N–H and O–H groups in total. The number of nitrogens with zero attached hydrogens (tertiary/aromatic N) is 4. The highest BCUT2D eigenvalue weighted by Gasteiger charge is 2.24. The zero-order valence-corrected chi connectivity index (χ0v) is 16.5. The summed E-state index contributed by atoms with van der Waals surface area (Å²) in [7, 11) is 0. The van der Waals surface area contributed by atoms with Crippen molar-refractivity contribution in [2.75, 3.05) is 11.4 Å². The third kappa shape index (κ3) is 4.17. The fourth-order valence-electron chi connectivity index (χ4n) is 3.06. The van der Waals surface area contributed by atoms with Crippen molar-refractivity contribution in [3.63, 3.8) is 0 Å². The van der Waals surface area contributed by atoms with E-state index in [-0.39, 0.29) is 5.56 Å². The molecule has 0 fully saturated rings. The molecule has 4 rings (SSSR count). The Kier molecular flexibility index (Phi) is 5.35. The number of benzene rings is 2. The van der Waals surface area contributed by atoms with E-state index >= 15 is 0 Å². The molecule has 1 amide bonds. The van der Waals surface area contributed by atoms with Crippen molar-refractivity contribution in [2.45, 2.75) is 19.9 Å². The molecule has 0 aliphatic rings. The van der Waals surface area contributed by atoms with E-state index < -0.39 is 17.5 Å². The topological polar surface area (TPSA) is 51.0 Å². The highest BCUT2D eigenvalue weighted by atomic mass is 32.1. The van der Waals surface area contributed by atoms with Crippen molar-refractivity contribution in [3.05, 3.63) is 77.9 Å². The lowest BCUT2D eigenvalue weighted by atomic mass is 10.2. The van der Waals surface area contributed by atoms with Gasteiger partial charge in [-0.1, -0.05) is 17.4 Å². The predicted molar refractivity (Wildman–Crippen MR) is 109 cm³/mol. The van der Waals surface area contributed by atoms with Gasteiger partial charge >= 0.3 is 0 Å². The SMILES string of the molecule is Cc1ccc2nc(N(CCCn3ccnc3)C(=O)c3ccc(F)cc3F)sc2c1. The van der Waals surface area contributed by atoms with Gasteiger partial charge in [0.2, 0.25) is 0 Å². The Labute approximate surface area is 170 Å². The summed E-state index contributed by atoms with van der Waals surface area (Å²) in [5.74, 6) is -2.14. The van der Waals surface area contributed by atoms with Gasteiger partial charge in [-0.05, 0) is 43.2 Å². The van der Waals surface area contributed by atoms with Gasteiger partial charge in [-0.15, -0.1) is 0 Å². The first kappa shape index (κ1) is 19.2. The lowest BCUT2D eigenvalue weighted by molar-refractivity contribution is 0.0982. The van der Waals surface area contributed by atoms with Crippen LogP contribution in [0.4, 0.5) is 13.9 Å². The van der Waals surface area contributed by atoms with Gasteiger partial charge in [0, 0.05) is 31.5 Å². The Hall–Kier alpha value is -3.13. The van der Waals surface area contributed by atoms with Crippen molar-refractivity contribution in [1.29, 1.82) is 0 Å². The van der Waals surface area contributed by atoms with Crippen LogP contribution in [0.25, 0.3) is 10.2 Å². The molecule has 2 aromatic carbocycles. The van der Waals surface area contributed by atoms with Crippen LogP contribution in [0.15, 0.2) is 55.1 Å². The first-order valence-corrected chi connectivity index (χ1v) is 9.93. The van der Waals surface area contributed by atoms with Crippen LogP contribution >= 0.6 is 11.3 Å². The zero-order chi connectivity index (χ0) is 20.4. The number of aryl methyl sites for hydroxylation is 2. The summed E-state index contributed by atoms with van der Waals surface area (Å²) in [6.45, 7) is 2.98. The molecule has 0 unspecified atom stereocenters. The first-order chi connectivity index (χ1) is 14.0. The van der Waals surface area contributed by atoms with Crippen LogP contribution in [0.2, 0.25) is 0 Å². The van der Waals surface area contributed by atoms with E-state index in [4.69, 9.17) is 0 Å². The summed E-state index contributed by atoms with van der Waals surface area (Å²) in [5.41, 5.74) is 1.70. The minimum absolute atomic E-state index is 0.176. The van der Waals surface area contributed by atoms with Gasteiger partial charge in [0.25, 0.3) is 5.91 Å². The number of hydrogen-bond acceptors (Lipinski definition) is 4. The van der Waals surface area contributed by atoms with E-state index in [0.29, 0.717) is 24.6 Å². The summed E-state index contributed by atoms with van der Waals surface area (Å²) < 4.78 is 30.4. The first-order valence-electron chi connectivity index (χ1n) is 9.11. The van der Waals surface area contributed by atoms with Crippen LogP contribution in [0.5, 0.6) is 0 Å². The number of anilines is 1. The quantitative estimate of drug-likeness (QED) is 0.456. The average molecular weight is 412 g/mol. The molecule has 8 heteroatoms. The molecule has 148 valence electrons. The summed E-state index contributed by atoms with van der Waals surface area (Å²) in [5, 5.41) is 0.491. The normalized spacial score (nSPS) is 11.1. The minimum atomic E-state index is -0.883. The number of carbonyl (C=O) groups excluding carboxylic acids is 1.